The molecule has 0 aliphatic carbocycles. The minimum Gasteiger partial charge on any atom is -0.506 e. The normalized spacial score (nSPS) is 11.2. The van der Waals surface area contributed by atoms with Gasteiger partial charge in [-0.05, 0) is 6.92 Å². The van der Waals surface area contributed by atoms with Gasteiger partial charge in [0.2, 0.25) is 0 Å². The predicted molar refractivity (Wildman–Crippen MR) is 65.6 cm³/mol. The molecule has 0 radical (unpaired) electrons. The van der Waals surface area contributed by atoms with Gasteiger partial charge in [0.05, 0.1) is 30.5 Å². The van der Waals surface area contributed by atoms with Gasteiger partial charge >= 0.3 is 12.3 Å². The molecule has 0 aliphatic heterocycles. The molecule has 9 heteroatoms. The number of hydrogen-bond donors (Lipinski definition) is 1. The third-order valence-electron chi connectivity index (χ3n) is 2.16. The van der Waals surface area contributed by atoms with E-state index in [1.165, 1.54) is 0 Å². The summed E-state index contributed by atoms with van der Waals surface area (Å²) < 4.78 is 45.7. The Hall–Kier alpha value is -1.51. The first-order valence-electron chi connectivity index (χ1n) is 5.45. The van der Waals surface area contributed by atoms with Gasteiger partial charge in [-0.15, -0.1) is 13.2 Å². The highest BCUT2D eigenvalue weighted by atomic mass is 79.9. The third-order valence-corrected chi connectivity index (χ3v) is 2.69. The summed E-state index contributed by atoms with van der Waals surface area (Å²) in [6, 6.07) is 0. The van der Waals surface area contributed by atoms with Gasteiger partial charge in [-0.1, -0.05) is 15.9 Å². The fourth-order valence-electron chi connectivity index (χ4n) is 1.42. The Morgan fingerprint density at radius 3 is 2.65 bits per heavy atom. The maximum Gasteiger partial charge on any atom is 0.573 e. The smallest absolute Gasteiger partial charge is 0.506 e. The zero-order valence-electron chi connectivity index (χ0n) is 10.3. The van der Waals surface area contributed by atoms with Crippen molar-refractivity contribution in [1.82, 2.24) is 4.98 Å². The Morgan fingerprint density at radius 2 is 2.15 bits per heavy atom. The van der Waals surface area contributed by atoms with E-state index in [0.717, 1.165) is 6.20 Å². The van der Waals surface area contributed by atoms with Gasteiger partial charge in [-0.3, -0.25) is 9.78 Å². The number of carbonyl (C=O) groups is 1. The van der Waals surface area contributed by atoms with Crippen molar-refractivity contribution < 1.29 is 32.5 Å². The monoisotopic (exact) mass is 357 g/mol. The standard InChI is InChI=1S/C11H11BrF3NO4/c1-2-19-9(18)3-6-8(17)5-16-7(4-12)10(6)20-11(13,14)15/h5,17H,2-4H2,1H3. The Morgan fingerprint density at radius 1 is 1.50 bits per heavy atom. The average molecular weight is 358 g/mol. The molecule has 0 atom stereocenters. The molecule has 1 aromatic rings. The van der Waals surface area contributed by atoms with Crippen LogP contribution in [0.15, 0.2) is 6.20 Å². The van der Waals surface area contributed by atoms with E-state index in [0.29, 0.717) is 0 Å². The molecule has 0 aromatic carbocycles. The number of esters is 1. The maximum absolute atomic E-state index is 12.4. The van der Waals surface area contributed by atoms with Crippen molar-refractivity contribution in [3.8, 4) is 11.5 Å². The molecule has 5 nitrogen and oxygen atoms in total. The summed E-state index contributed by atoms with van der Waals surface area (Å²) >= 11 is 2.96. The average Bonchev–Trinajstić information content (AvgIpc) is 2.32. The van der Waals surface area contributed by atoms with Crippen molar-refractivity contribution in [1.29, 1.82) is 0 Å². The van der Waals surface area contributed by atoms with Crippen LogP contribution in [0.5, 0.6) is 11.5 Å². The van der Waals surface area contributed by atoms with Crippen LogP contribution in [0.4, 0.5) is 13.2 Å². The fraction of sp³-hybridized carbons (Fsp3) is 0.455. The summed E-state index contributed by atoms with van der Waals surface area (Å²) in [5.74, 6) is -2.04. The maximum atomic E-state index is 12.4. The van der Waals surface area contributed by atoms with Crippen LogP contribution in [0.3, 0.4) is 0 Å². The van der Waals surface area contributed by atoms with Crippen LogP contribution < -0.4 is 4.74 Å². The highest BCUT2D eigenvalue weighted by molar-refractivity contribution is 9.08. The lowest BCUT2D eigenvalue weighted by Crippen LogP contribution is -2.20. The highest BCUT2D eigenvalue weighted by Crippen LogP contribution is 2.35. The lowest BCUT2D eigenvalue weighted by Gasteiger charge is -2.16. The number of nitrogens with zero attached hydrogens (tertiary/aromatic N) is 1. The quantitative estimate of drug-likeness (QED) is 0.648. The van der Waals surface area contributed by atoms with Crippen LogP contribution in [-0.2, 0) is 21.3 Å². The molecule has 0 bridgehead atoms. The molecular formula is C11H11BrF3NO4. The van der Waals surface area contributed by atoms with Crippen molar-refractivity contribution >= 4 is 21.9 Å². The Labute approximate surface area is 120 Å². The molecular weight excluding hydrogens is 347 g/mol. The van der Waals surface area contributed by atoms with Crippen LogP contribution >= 0.6 is 15.9 Å². The van der Waals surface area contributed by atoms with E-state index in [1.54, 1.807) is 6.92 Å². The first-order chi connectivity index (χ1) is 9.28. The first kappa shape index (κ1) is 16.5. The Balaban J connectivity index is 3.21. The lowest BCUT2D eigenvalue weighted by molar-refractivity contribution is -0.275. The van der Waals surface area contributed by atoms with E-state index < -0.39 is 30.3 Å². The van der Waals surface area contributed by atoms with Crippen LogP contribution in [0.2, 0.25) is 0 Å². The number of aromatic hydroxyl groups is 1. The van der Waals surface area contributed by atoms with Gasteiger partial charge in [0.1, 0.15) is 5.75 Å². The summed E-state index contributed by atoms with van der Waals surface area (Å²) in [5, 5.41) is 9.56. The molecule has 0 spiro atoms. The zero-order valence-corrected chi connectivity index (χ0v) is 11.9. The molecule has 0 unspecified atom stereocenters. The van der Waals surface area contributed by atoms with Crippen molar-refractivity contribution in [2.24, 2.45) is 0 Å². The molecule has 112 valence electrons. The molecule has 1 N–H and O–H groups in total. The number of ether oxygens (including phenoxy) is 2. The zero-order chi connectivity index (χ0) is 15.3. The Kier molecular flexibility index (Phi) is 5.61. The van der Waals surface area contributed by atoms with Gasteiger partial charge < -0.3 is 14.6 Å². The largest absolute Gasteiger partial charge is 0.573 e. The highest BCUT2D eigenvalue weighted by Gasteiger charge is 2.34. The van der Waals surface area contributed by atoms with Crippen LogP contribution in [0.25, 0.3) is 0 Å². The summed E-state index contributed by atoms with van der Waals surface area (Å²) in [5.41, 5.74) is -0.398. The Bertz CT molecular complexity index is 493. The van der Waals surface area contributed by atoms with E-state index in [-0.39, 0.29) is 23.2 Å². The van der Waals surface area contributed by atoms with Crippen molar-refractivity contribution in [2.75, 3.05) is 6.61 Å². The number of pyridine rings is 1. The van der Waals surface area contributed by atoms with Gasteiger partial charge in [0.25, 0.3) is 0 Å². The van der Waals surface area contributed by atoms with Crippen LogP contribution in [0, 0.1) is 0 Å². The second-order valence-corrected chi connectivity index (χ2v) is 4.12. The predicted octanol–water partition coefficient (Wildman–Crippen LogP) is 2.69. The van der Waals surface area contributed by atoms with E-state index in [4.69, 9.17) is 0 Å². The van der Waals surface area contributed by atoms with E-state index in [9.17, 15) is 23.1 Å². The fourth-order valence-corrected chi connectivity index (χ4v) is 1.82. The van der Waals surface area contributed by atoms with E-state index in [1.807, 2.05) is 0 Å². The molecule has 20 heavy (non-hydrogen) atoms. The molecule has 1 rings (SSSR count). The second-order valence-electron chi connectivity index (χ2n) is 3.56. The summed E-state index contributed by atoms with van der Waals surface area (Å²) in [7, 11) is 0. The molecule has 0 fully saturated rings. The molecule has 1 heterocycles. The first-order valence-corrected chi connectivity index (χ1v) is 6.57. The van der Waals surface area contributed by atoms with Crippen molar-refractivity contribution in [3.05, 3.63) is 17.5 Å². The number of alkyl halides is 4. The topological polar surface area (TPSA) is 68.7 Å². The lowest BCUT2D eigenvalue weighted by atomic mass is 10.1. The van der Waals surface area contributed by atoms with Crippen LogP contribution in [-0.4, -0.2) is 29.0 Å². The van der Waals surface area contributed by atoms with Crippen molar-refractivity contribution in [3.63, 3.8) is 0 Å². The number of aromatic nitrogens is 1. The van der Waals surface area contributed by atoms with Gasteiger partial charge in [0.15, 0.2) is 5.75 Å². The van der Waals surface area contributed by atoms with Crippen molar-refractivity contribution in [2.45, 2.75) is 25.0 Å². The molecule has 0 amide bonds. The number of rotatable bonds is 5. The van der Waals surface area contributed by atoms with Gasteiger partial charge in [0, 0.05) is 5.33 Å². The SMILES string of the molecule is CCOC(=O)Cc1c(O)cnc(CBr)c1OC(F)(F)F. The third kappa shape index (κ3) is 4.55. The van der Waals surface area contributed by atoms with Crippen LogP contribution in [0.1, 0.15) is 18.2 Å². The number of carbonyl (C=O) groups excluding carboxylic acids is 1. The number of hydrogen-bond acceptors (Lipinski definition) is 5. The summed E-state index contributed by atoms with van der Waals surface area (Å²) in [6.45, 7) is 1.63. The summed E-state index contributed by atoms with van der Waals surface area (Å²) in [6.07, 6.45) is -4.56. The second kappa shape index (κ2) is 6.78. The summed E-state index contributed by atoms with van der Waals surface area (Å²) in [4.78, 5) is 15.0. The molecule has 0 saturated carbocycles. The molecule has 0 aliphatic rings. The van der Waals surface area contributed by atoms with Gasteiger partial charge in [-0.2, -0.15) is 0 Å². The van der Waals surface area contributed by atoms with E-state index in [2.05, 4.69) is 30.4 Å². The molecule has 1 aromatic heterocycles. The number of halogens is 4. The van der Waals surface area contributed by atoms with Gasteiger partial charge in [-0.25, -0.2) is 0 Å². The minimum atomic E-state index is -4.96. The molecule has 0 saturated heterocycles. The minimum absolute atomic E-state index is 0.0332. The van der Waals surface area contributed by atoms with E-state index >= 15 is 0 Å².